The van der Waals surface area contributed by atoms with Gasteiger partial charge in [0.1, 0.15) is 11.6 Å². The molecule has 1 saturated heterocycles. The van der Waals surface area contributed by atoms with Crippen LogP contribution in [0, 0.1) is 13.8 Å². The highest BCUT2D eigenvalue weighted by molar-refractivity contribution is 5.79. The zero-order valence-corrected chi connectivity index (χ0v) is 13.6. The minimum Gasteiger partial charge on any atom is -0.361 e. The van der Waals surface area contributed by atoms with Gasteiger partial charge in [-0.25, -0.2) is 4.98 Å². The molecule has 1 aliphatic heterocycles. The summed E-state index contributed by atoms with van der Waals surface area (Å²) in [5.41, 5.74) is 2.64. The number of pyridine rings is 1. The van der Waals surface area contributed by atoms with Gasteiger partial charge in [0.05, 0.1) is 12.1 Å². The zero-order chi connectivity index (χ0) is 16.2. The van der Waals surface area contributed by atoms with E-state index in [2.05, 4.69) is 20.4 Å². The molecule has 2 aromatic heterocycles. The van der Waals surface area contributed by atoms with Crippen LogP contribution in [0.1, 0.15) is 35.4 Å². The molecule has 3 rings (SSSR count). The van der Waals surface area contributed by atoms with E-state index < -0.39 is 0 Å². The van der Waals surface area contributed by atoms with Crippen molar-refractivity contribution < 1.29 is 9.32 Å². The minimum atomic E-state index is -0.0389. The number of nitrogens with zero attached hydrogens (tertiary/aromatic N) is 3. The van der Waals surface area contributed by atoms with Crippen LogP contribution in [0.15, 0.2) is 22.9 Å². The number of rotatable bonds is 5. The Morgan fingerprint density at radius 1 is 1.30 bits per heavy atom. The van der Waals surface area contributed by atoms with E-state index in [4.69, 9.17) is 4.52 Å². The van der Waals surface area contributed by atoms with Crippen molar-refractivity contribution in [1.29, 1.82) is 0 Å². The first kappa shape index (κ1) is 15.5. The average molecular weight is 314 g/mol. The van der Waals surface area contributed by atoms with Crippen LogP contribution in [0.3, 0.4) is 0 Å². The van der Waals surface area contributed by atoms with Crippen LogP contribution in [0.4, 0.5) is 5.82 Å². The van der Waals surface area contributed by atoms with Gasteiger partial charge in [-0.3, -0.25) is 4.79 Å². The molecule has 0 aliphatic carbocycles. The van der Waals surface area contributed by atoms with Crippen molar-refractivity contribution in [2.75, 3.05) is 18.0 Å². The van der Waals surface area contributed by atoms with Crippen molar-refractivity contribution in [2.45, 2.75) is 39.7 Å². The van der Waals surface area contributed by atoms with Gasteiger partial charge in [-0.2, -0.15) is 0 Å². The summed E-state index contributed by atoms with van der Waals surface area (Å²) >= 11 is 0. The van der Waals surface area contributed by atoms with Crippen LogP contribution in [0.2, 0.25) is 0 Å². The molecule has 1 N–H and O–H groups in total. The van der Waals surface area contributed by atoms with E-state index in [1.165, 1.54) is 12.8 Å². The molecular formula is C17H22N4O2. The van der Waals surface area contributed by atoms with Gasteiger partial charge in [0.2, 0.25) is 5.91 Å². The first-order valence-electron chi connectivity index (χ1n) is 8.02. The topological polar surface area (TPSA) is 71.3 Å². The van der Waals surface area contributed by atoms with Gasteiger partial charge >= 0.3 is 0 Å². The van der Waals surface area contributed by atoms with E-state index in [1.807, 2.05) is 32.2 Å². The molecule has 0 unspecified atom stereocenters. The zero-order valence-electron chi connectivity index (χ0n) is 13.6. The lowest BCUT2D eigenvalue weighted by Gasteiger charge is -2.16. The van der Waals surface area contributed by atoms with Gasteiger partial charge in [0.25, 0.3) is 0 Å². The van der Waals surface area contributed by atoms with Gasteiger partial charge in [-0.15, -0.1) is 0 Å². The Balaban J connectivity index is 1.52. The van der Waals surface area contributed by atoms with Crippen molar-refractivity contribution in [3.63, 3.8) is 0 Å². The average Bonchev–Trinajstić information content (AvgIpc) is 3.19. The third kappa shape index (κ3) is 3.70. The Hall–Kier alpha value is -2.37. The summed E-state index contributed by atoms with van der Waals surface area (Å²) in [5, 5.41) is 6.78. The molecule has 6 nitrogen and oxygen atoms in total. The maximum atomic E-state index is 12.1. The lowest BCUT2D eigenvalue weighted by molar-refractivity contribution is -0.120. The maximum Gasteiger partial charge on any atom is 0.224 e. The fraction of sp³-hybridized carbons (Fsp3) is 0.471. The first-order chi connectivity index (χ1) is 11.1. The van der Waals surface area contributed by atoms with E-state index in [0.29, 0.717) is 18.7 Å². The van der Waals surface area contributed by atoms with Crippen LogP contribution < -0.4 is 10.2 Å². The Labute approximate surface area is 135 Å². The van der Waals surface area contributed by atoms with Crippen LogP contribution in [-0.2, 0) is 17.8 Å². The predicted molar refractivity (Wildman–Crippen MR) is 87.2 cm³/mol. The minimum absolute atomic E-state index is 0.0389. The Bertz CT molecular complexity index is 653. The summed E-state index contributed by atoms with van der Waals surface area (Å²) in [4.78, 5) is 18.8. The summed E-state index contributed by atoms with van der Waals surface area (Å²) in [6.45, 7) is 6.32. The SMILES string of the molecule is Cc1noc(C)c1CC(=O)NCc1ccc(N2CCCC2)nc1. The van der Waals surface area contributed by atoms with Crippen molar-refractivity contribution in [3.8, 4) is 0 Å². The Kier molecular flexibility index (Phi) is 4.60. The summed E-state index contributed by atoms with van der Waals surface area (Å²) in [6, 6.07) is 4.05. The number of amides is 1. The molecule has 1 fully saturated rings. The van der Waals surface area contributed by atoms with Crippen molar-refractivity contribution in [3.05, 3.63) is 40.9 Å². The lowest BCUT2D eigenvalue weighted by Crippen LogP contribution is -2.25. The molecule has 0 spiro atoms. The van der Waals surface area contributed by atoms with Crippen molar-refractivity contribution in [2.24, 2.45) is 0 Å². The number of carbonyl (C=O) groups is 1. The molecule has 0 radical (unpaired) electrons. The molecule has 6 heteroatoms. The molecule has 0 bridgehead atoms. The van der Waals surface area contributed by atoms with E-state index in [9.17, 15) is 4.79 Å². The van der Waals surface area contributed by atoms with Gasteiger partial charge in [0.15, 0.2) is 0 Å². The van der Waals surface area contributed by atoms with E-state index in [0.717, 1.165) is 35.7 Å². The smallest absolute Gasteiger partial charge is 0.224 e. The molecule has 1 amide bonds. The van der Waals surface area contributed by atoms with Gasteiger partial charge in [-0.05, 0) is 38.3 Å². The number of carbonyl (C=O) groups excluding carboxylic acids is 1. The fourth-order valence-electron chi connectivity index (χ4n) is 2.83. The van der Waals surface area contributed by atoms with E-state index >= 15 is 0 Å². The van der Waals surface area contributed by atoms with Crippen molar-refractivity contribution >= 4 is 11.7 Å². The number of hydrogen-bond donors (Lipinski definition) is 1. The molecule has 23 heavy (non-hydrogen) atoms. The second-order valence-corrected chi connectivity index (χ2v) is 5.98. The third-order valence-corrected chi connectivity index (χ3v) is 4.25. The quantitative estimate of drug-likeness (QED) is 0.915. The summed E-state index contributed by atoms with van der Waals surface area (Å²) in [7, 11) is 0. The molecular weight excluding hydrogens is 292 g/mol. The summed E-state index contributed by atoms with van der Waals surface area (Å²) in [6.07, 6.45) is 4.60. The number of aromatic nitrogens is 2. The summed E-state index contributed by atoms with van der Waals surface area (Å²) in [5.74, 6) is 1.69. The molecule has 0 aromatic carbocycles. The van der Waals surface area contributed by atoms with Crippen LogP contribution in [0.5, 0.6) is 0 Å². The second-order valence-electron chi connectivity index (χ2n) is 5.98. The van der Waals surface area contributed by atoms with Gasteiger partial charge < -0.3 is 14.7 Å². The highest BCUT2D eigenvalue weighted by atomic mass is 16.5. The molecule has 0 atom stereocenters. The Morgan fingerprint density at radius 2 is 2.09 bits per heavy atom. The predicted octanol–water partition coefficient (Wildman–Crippen LogP) is 2.15. The highest BCUT2D eigenvalue weighted by Gasteiger charge is 2.14. The second kappa shape index (κ2) is 6.81. The van der Waals surface area contributed by atoms with E-state index in [-0.39, 0.29) is 5.91 Å². The normalized spacial score (nSPS) is 14.3. The number of aryl methyl sites for hydroxylation is 2. The first-order valence-corrected chi connectivity index (χ1v) is 8.02. The van der Waals surface area contributed by atoms with E-state index in [1.54, 1.807) is 0 Å². The third-order valence-electron chi connectivity index (χ3n) is 4.25. The number of hydrogen-bond acceptors (Lipinski definition) is 5. The maximum absolute atomic E-state index is 12.1. The number of nitrogens with one attached hydrogen (secondary N) is 1. The van der Waals surface area contributed by atoms with Crippen LogP contribution in [-0.4, -0.2) is 29.1 Å². The van der Waals surface area contributed by atoms with Gasteiger partial charge in [0, 0.05) is 31.4 Å². The molecule has 3 heterocycles. The van der Waals surface area contributed by atoms with Crippen LogP contribution in [0.25, 0.3) is 0 Å². The number of anilines is 1. The Morgan fingerprint density at radius 3 is 2.70 bits per heavy atom. The molecule has 122 valence electrons. The fourth-order valence-corrected chi connectivity index (χ4v) is 2.83. The standard InChI is InChI=1S/C17H22N4O2/c1-12-15(13(2)23-20-12)9-17(22)19-11-14-5-6-16(18-10-14)21-7-3-4-8-21/h5-6,10H,3-4,7-9,11H2,1-2H3,(H,19,22). The monoisotopic (exact) mass is 314 g/mol. The molecule has 2 aromatic rings. The lowest BCUT2D eigenvalue weighted by atomic mass is 10.1. The highest BCUT2D eigenvalue weighted by Crippen LogP contribution is 2.17. The summed E-state index contributed by atoms with van der Waals surface area (Å²) < 4.78 is 5.08. The molecule has 0 saturated carbocycles. The van der Waals surface area contributed by atoms with Crippen LogP contribution >= 0.6 is 0 Å². The molecule has 1 aliphatic rings. The van der Waals surface area contributed by atoms with Gasteiger partial charge in [-0.1, -0.05) is 11.2 Å². The largest absolute Gasteiger partial charge is 0.361 e. The van der Waals surface area contributed by atoms with Crippen molar-refractivity contribution in [1.82, 2.24) is 15.5 Å².